The lowest BCUT2D eigenvalue weighted by molar-refractivity contribution is 0.387. The van der Waals surface area contributed by atoms with Crippen molar-refractivity contribution >= 4 is 63.7 Å². The minimum Gasteiger partial charge on any atom is -0.0883 e. The molecule has 3 aliphatic carbocycles. The maximum atomic E-state index is 3.86. The molecular weight excluding hydrogens is 464 g/mol. The minimum absolute atomic E-state index is 0.0363. The molecule has 86 valence electrons. The quantitative estimate of drug-likeness (QED) is 0.450. The van der Waals surface area contributed by atoms with Gasteiger partial charge in [-0.2, -0.15) is 0 Å². The number of rotatable bonds is 0. The van der Waals surface area contributed by atoms with Gasteiger partial charge in [0.1, 0.15) is 3.23 Å². The van der Waals surface area contributed by atoms with Crippen molar-refractivity contribution in [1.29, 1.82) is 0 Å². The van der Waals surface area contributed by atoms with Gasteiger partial charge < -0.3 is 0 Å². The third kappa shape index (κ3) is 1.55. The van der Waals surface area contributed by atoms with Crippen LogP contribution in [0.5, 0.6) is 0 Å². The fourth-order valence-corrected chi connectivity index (χ4v) is 7.37. The zero-order valence-electron chi connectivity index (χ0n) is 8.34. The molecule has 0 spiro atoms. The Morgan fingerprint density at radius 2 is 1.69 bits per heavy atom. The van der Waals surface area contributed by atoms with E-state index in [1.807, 2.05) is 0 Å². The molecule has 0 nitrogen and oxygen atoms in total. The number of halogens is 4. The average molecular weight is 474 g/mol. The summed E-state index contributed by atoms with van der Waals surface area (Å²) in [5.74, 6) is 1.04. The first-order valence-electron chi connectivity index (χ1n) is 5.28. The van der Waals surface area contributed by atoms with Crippen molar-refractivity contribution in [3.05, 3.63) is 35.4 Å². The highest BCUT2D eigenvalue weighted by atomic mass is 79.9. The van der Waals surface area contributed by atoms with Crippen molar-refractivity contribution in [3.63, 3.8) is 0 Å². The second-order valence-corrected chi connectivity index (χ2v) is 10.4. The monoisotopic (exact) mass is 470 g/mol. The lowest BCUT2D eigenvalue weighted by Crippen LogP contribution is -2.50. The van der Waals surface area contributed by atoms with Crippen LogP contribution in [-0.2, 0) is 0 Å². The molecule has 2 bridgehead atoms. The summed E-state index contributed by atoms with van der Waals surface area (Å²) in [6.45, 7) is 0. The second kappa shape index (κ2) is 4.07. The molecule has 0 aliphatic heterocycles. The van der Waals surface area contributed by atoms with Gasteiger partial charge in [-0.3, -0.25) is 0 Å². The Morgan fingerprint density at radius 1 is 1.06 bits per heavy atom. The van der Waals surface area contributed by atoms with Crippen LogP contribution in [0.3, 0.4) is 0 Å². The molecule has 16 heavy (non-hydrogen) atoms. The van der Waals surface area contributed by atoms with Crippen molar-refractivity contribution in [2.24, 2.45) is 0 Å². The molecule has 1 aromatic rings. The molecule has 4 rings (SSSR count). The van der Waals surface area contributed by atoms with E-state index in [1.165, 1.54) is 17.5 Å². The normalized spacial score (nSPS) is 39.5. The van der Waals surface area contributed by atoms with Crippen LogP contribution in [0.4, 0.5) is 0 Å². The van der Waals surface area contributed by atoms with Crippen molar-refractivity contribution in [2.45, 2.75) is 31.1 Å². The third-order valence-corrected chi connectivity index (χ3v) is 9.17. The number of fused-ring (bicyclic) bond motifs is 2. The van der Waals surface area contributed by atoms with Gasteiger partial charge in [0.25, 0.3) is 0 Å². The fourth-order valence-electron chi connectivity index (χ4n) is 3.00. The SMILES string of the molecule is Br[C@@H]1[C@@H]2C[C@H](Br)[C@@H](c3ccccc32)C1(Br)Br. The Hall–Kier alpha value is 1.14. The lowest BCUT2D eigenvalue weighted by Gasteiger charge is -2.52. The standard InChI is InChI=1S/C12H10Br4/c13-9-5-8-6-3-1-2-4-7(6)10(9)12(15,16)11(8)14/h1-4,8-11H,5H2/t8-,9+,10-,11-/m1/s1. The van der Waals surface area contributed by atoms with E-state index in [-0.39, 0.29) is 3.23 Å². The molecular formula is C12H10Br4. The van der Waals surface area contributed by atoms with E-state index >= 15 is 0 Å². The van der Waals surface area contributed by atoms with Gasteiger partial charge in [-0.25, -0.2) is 0 Å². The molecule has 3 aliphatic rings. The number of hydrogen-bond donors (Lipinski definition) is 0. The summed E-state index contributed by atoms with van der Waals surface area (Å²) in [6.07, 6.45) is 1.20. The summed E-state index contributed by atoms with van der Waals surface area (Å²) in [4.78, 5) is 0.980. The molecule has 0 heterocycles. The van der Waals surface area contributed by atoms with Gasteiger partial charge in [0, 0.05) is 15.6 Å². The highest BCUT2D eigenvalue weighted by Gasteiger charge is 2.56. The van der Waals surface area contributed by atoms with Crippen molar-refractivity contribution in [2.75, 3.05) is 0 Å². The van der Waals surface area contributed by atoms with Crippen molar-refractivity contribution in [3.8, 4) is 0 Å². The summed E-state index contributed by atoms with van der Waals surface area (Å²) in [5.41, 5.74) is 2.99. The lowest BCUT2D eigenvalue weighted by atomic mass is 9.67. The molecule has 0 aromatic heterocycles. The van der Waals surface area contributed by atoms with Crippen LogP contribution in [-0.4, -0.2) is 12.9 Å². The Balaban J connectivity index is 2.22. The van der Waals surface area contributed by atoms with E-state index in [4.69, 9.17) is 0 Å². The van der Waals surface area contributed by atoms with Gasteiger partial charge in [0.05, 0.1) is 0 Å². The molecule has 1 saturated carbocycles. The molecule has 0 N–H and O–H groups in total. The largest absolute Gasteiger partial charge is 0.101 e. The van der Waals surface area contributed by atoms with Gasteiger partial charge in [0.15, 0.2) is 0 Å². The summed E-state index contributed by atoms with van der Waals surface area (Å²) < 4.78 is -0.0363. The Kier molecular flexibility index (Phi) is 3.10. The predicted molar refractivity (Wildman–Crippen MR) is 82.6 cm³/mol. The molecule has 4 heteroatoms. The Labute approximate surface area is 129 Å². The second-order valence-electron chi connectivity index (χ2n) is 4.54. The maximum absolute atomic E-state index is 3.86. The van der Waals surface area contributed by atoms with E-state index in [1.54, 1.807) is 0 Å². The van der Waals surface area contributed by atoms with Crippen LogP contribution in [0.15, 0.2) is 24.3 Å². The van der Waals surface area contributed by atoms with Crippen molar-refractivity contribution < 1.29 is 0 Å². The van der Waals surface area contributed by atoms with Gasteiger partial charge >= 0.3 is 0 Å². The van der Waals surface area contributed by atoms with E-state index < -0.39 is 0 Å². The fraction of sp³-hybridized carbons (Fsp3) is 0.500. The highest BCUT2D eigenvalue weighted by molar-refractivity contribution is 9.26. The zero-order chi connectivity index (χ0) is 11.5. The van der Waals surface area contributed by atoms with Crippen LogP contribution in [0.25, 0.3) is 0 Å². The number of hydrogen-bond acceptors (Lipinski definition) is 0. The van der Waals surface area contributed by atoms with Gasteiger partial charge in [-0.15, -0.1) is 0 Å². The maximum Gasteiger partial charge on any atom is 0.101 e. The van der Waals surface area contributed by atoms with E-state index in [0.717, 1.165) is 0 Å². The topological polar surface area (TPSA) is 0 Å². The number of alkyl halides is 4. The zero-order valence-corrected chi connectivity index (χ0v) is 14.7. The summed E-state index contributed by atoms with van der Waals surface area (Å²) in [7, 11) is 0. The first kappa shape index (κ1) is 12.2. The summed E-state index contributed by atoms with van der Waals surface area (Å²) >= 11 is 15.4. The summed E-state index contributed by atoms with van der Waals surface area (Å²) in [6, 6.07) is 8.82. The van der Waals surface area contributed by atoms with Crippen LogP contribution in [0.1, 0.15) is 29.4 Å². The van der Waals surface area contributed by atoms with Crippen LogP contribution in [0.2, 0.25) is 0 Å². The predicted octanol–water partition coefficient (Wildman–Crippen LogP) is 5.28. The van der Waals surface area contributed by atoms with E-state index in [2.05, 4.69) is 88.0 Å². The van der Waals surface area contributed by atoms with E-state index in [0.29, 0.717) is 21.5 Å². The van der Waals surface area contributed by atoms with Crippen molar-refractivity contribution in [1.82, 2.24) is 0 Å². The first-order valence-corrected chi connectivity index (χ1v) is 8.70. The van der Waals surface area contributed by atoms with Gasteiger partial charge in [-0.05, 0) is 23.5 Å². The summed E-state index contributed by atoms with van der Waals surface area (Å²) in [5, 5.41) is 0. The van der Waals surface area contributed by atoms with E-state index in [9.17, 15) is 0 Å². The van der Waals surface area contributed by atoms with Crippen LogP contribution >= 0.6 is 63.7 Å². The molecule has 1 aromatic carbocycles. The van der Waals surface area contributed by atoms with Crippen LogP contribution in [0, 0.1) is 0 Å². The Bertz CT molecular complexity index is 429. The molecule has 4 atom stereocenters. The smallest absolute Gasteiger partial charge is 0.0883 e. The molecule has 0 saturated heterocycles. The number of benzene rings is 1. The minimum atomic E-state index is -0.0363. The van der Waals surface area contributed by atoms with Crippen LogP contribution < -0.4 is 0 Å². The first-order chi connectivity index (χ1) is 7.53. The Morgan fingerprint density at radius 3 is 2.38 bits per heavy atom. The molecule has 1 fully saturated rings. The molecule has 0 unspecified atom stereocenters. The highest BCUT2D eigenvalue weighted by Crippen LogP contribution is 2.64. The molecule has 0 amide bonds. The van der Waals surface area contributed by atoms with Gasteiger partial charge in [-0.1, -0.05) is 88.0 Å². The average Bonchev–Trinajstić information content (AvgIpc) is 2.24. The third-order valence-electron chi connectivity index (χ3n) is 3.71. The van der Waals surface area contributed by atoms with Gasteiger partial charge in [0.2, 0.25) is 0 Å². The molecule has 0 radical (unpaired) electrons.